The molecule has 126 valence electrons. The van der Waals surface area contributed by atoms with Crippen LogP contribution >= 0.6 is 11.6 Å². The fourth-order valence-electron chi connectivity index (χ4n) is 2.68. The van der Waals surface area contributed by atoms with E-state index in [0.717, 1.165) is 24.1 Å². The molecule has 0 spiro atoms. The molecule has 1 aliphatic rings. The summed E-state index contributed by atoms with van der Waals surface area (Å²) in [7, 11) is 1.41. The molecule has 2 aromatic rings. The molecule has 2 heterocycles. The van der Waals surface area contributed by atoms with Crippen LogP contribution < -0.4 is 5.32 Å². The van der Waals surface area contributed by atoms with Gasteiger partial charge in [-0.1, -0.05) is 11.6 Å². The van der Waals surface area contributed by atoms with Crippen molar-refractivity contribution in [1.29, 1.82) is 0 Å². The molecular formula is C17H19ClN4O2. The monoisotopic (exact) mass is 346 g/mol. The van der Waals surface area contributed by atoms with Gasteiger partial charge in [-0.3, -0.25) is 0 Å². The van der Waals surface area contributed by atoms with E-state index in [1.165, 1.54) is 7.11 Å². The summed E-state index contributed by atoms with van der Waals surface area (Å²) in [4.78, 5) is 22.0. The number of amides is 1. The van der Waals surface area contributed by atoms with Crippen molar-refractivity contribution in [2.45, 2.75) is 19.0 Å². The summed E-state index contributed by atoms with van der Waals surface area (Å²) in [6.45, 7) is 2.05. The fourth-order valence-corrected chi connectivity index (χ4v) is 2.80. The van der Waals surface area contributed by atoms with Crippen LogP contribution in [0, 0.1) is 0 Å². The second kappa shape index (κ2) is 7.59. The highest BCUT2D eigenvalue weighted by Crippen LogP contribution is 2.18. The molecule has 6 nitrogen and oxygen atoms in total. The van der Waals surface area contributed by atoms with Gasteiger partial charge in [0.2, 0.25) is 0 Å². The summed E-state index contributed by atoms with van der Waals surface area (Å²) in [5.74, 6) is 0.674. The predicted octanol–water partition coefficient (Wildman–Crippen LogP) is 2.73. The van der Waals surface area contributed by atoms with Gasteiger partial charge in [0, 0.05) is 54.2 Å². The first-order chi connectivity index (χ1) is 11.7. The smallest absolute Gasteiger partial charge is 0.409 e. The molecule has 1 aromatic carbocycles. The van der Waals surface area contributed by atoms with Gasteiger partial charge in [0.1, 0.15) is 0 Å². The summed E-state index contributed by atoms with van der Waals surface area (Å²) >= 11 is 5.89. The van der Waals surface area contributed by atoms with E-state index in [9.17, 15) is 4.79 Å². The summed E-state index contributed by atoms with van der Waals surface area (Å²) in [5, 5.41) is 4.12. The number of hydrogen-bond acceptors (Lipinski definition) is 5. The minimum Gasteiger partial charge on any atom is -0.453 e. The van der Waals surface area contributed by atoms with Crippen LogP contribution in [0.1, 0.15) is 12.0 Å². The van der Waals surface area contributed by atoms with Crippen LogP contribution in [0.25, 0.3) is 11.4 Å². The maximum atomic E-state index is 11.5. The molecule has 3 rings (SSSR count). The molecule has 0 bridgehead atoms. The molecule has 0 unspecified atom stereocenters. The highest BCUT2D eigenvalue weighted by atomic mass is 35.5. The minimum atomic E-state index is -0.269. The molecule has 1 N–H and O–H groups in total. The lowest BCUT2D eigenvalue weighted by atomic mass is 10.2. The van der Waals surface area contributed by atoms with Gasteiger partial charge in [-0.25, -0.2) is 14.8 Å². The highest BCUT2D eigenvalue weighted by Gasteiger charge is 2.26. The third-order valence-electron chi connectivity index (χ3n) is 4.02. The van der Waals surface area contributed by atoms with Crippen LogP contribution in [0.15, 0.2) is 36.7 Å². The second-order valence-corrected chi connectivity index (χ2v) is 6.14. The quantitative estimate of drug-likeness (QED) is 0.922. The number of aromatic nitrogens is 2. The van der Waals surface area contributed by atoms with E-state index in [2.05, 4.69) is 15.3 Å². The van der Waals surface area contributed by atoms with Crippen LogP contribution in [0.4, 0.5) is 4.79 Å². The zero-order chi connectivity index (χ0) is 16.9. The lowest BCUT2D eigenvalue weighted by Crippen LogP contribution is -2.34. The second-order valence-electron chi connectivity index (χ2n) is 5.70. The average Bonchev–Trinajstić information content (AvgIpc) is 3.09. The van der Waals surface area contributed by atoms with Crippen molar-refractivity contribution < 1.29 is 9.53 Å². The molecular weight excluding hydrogens is 328 g/mol. The highest BCUT2D eigenvalue weighted by molar-refractivity contribution is 6.30. The van der Waals surface area contributed by atoms with E-state index in [-0.39, 0.29) is 12.1 Å². The van der Waals surface area contributed by atoms with Crippen molar-refractivity contribution in [3.8, 4) is 11.4 Å². The van der Waals surface area contributed by atoms with Crippen molar-refractivity contribution in [2.75, 3.05) is 20.2 Å². The zero-order valence-electron chi connectivity index (χ0n) is 13.4. The number of nitrogens with one attached hydrogen (secondary N) is 1. The molecule has 24 heavy (non-hydrogen) atoms. The summed E-state index contributed by atoms with van der Waals surface area (Å²) in [5.41, 5.74) is 1.94. The van der Waals surface area contributed by atoms with Crippen LogP contribution in [0.5, 0.6) is 0 Å². The Balaban J connectivity index is 1.53. The van der Waals surface area contributed by atoms with Gasteiger partial charge in [-0.05, 0) is 30.7 Å². The van der Waals surface area contributed by atoms with Gasteiger partial charge >= 0.3 is 6.09 Å². The first-order valence-electron chi connectivity index (χ1n) is 7.79. The Hall–Kier alpha value is -2.18. The molecule has 7 heteroatoms. The number of carbonyl (C=O) groups excluding carboxylic acids is 1. The SMILES string of the molecule is COC(=O)N1CC[C@@H](NCc2cnc(-c3ccc(Cl)cc3)nc2)C1. The molecule has 1 aliphatic heterocycles. The number of rotatable bonds is 4. The van der Waals surface area contributed by atoms with Crippen LogP contribution in [-0.2, 0) is 11.3 Å². The first-order valence-corrected chi connectivity index (χ1v) is 8.16. The number of halogens is 1. The Morgan fingerprint density at radius 1 is 1.33 bits per heavy atom. The van der Waals surface area contributed by atoms with E-state index in [1.807, 2.05) is 36.7 Å². The van der Waals surface area contributed by atoms with Gasteiger partial charge in [0.05, 0.1) is 7.11 Å². The van der Waals surface area contributed by atoms with Crippen LogP contribution in [0.2, 0.25) is 5.02 Å². The van der Waals surface area contributed by atoms with Crippen LogP contribution in [-0.4, -0.2) is 47.2 Å². The standard InChI is InChI=1S/C17H19ClN4O2/c1-24-17(23)22-7-6-15(11-22)19-8-12-9-20-16(21-10-12)13-2-4-14(18)5-3-13/h2-5,9-10,15,19H,6-8,11H2,1H3/t15-/m1/s1. The minimum absolute atomic E-state index is 0.264. The number of ether oxygens (including phenoxy) is 1. The van der Waals surface area contributed by atoms with E-state index in [0.29, 0.717) is 23.9 Å². The Bertz CT molecular complexity index is 691. The summed E-state index contributed by atoms with van der Waals surface area (Å²) < 4.78 is 4.74. The third-order valence-corrected chi connectivity index (χ3v) is 4.28. The Morgan fingerprint density at radius 2 is 2.04 bits per heavy atom. The molecule has 1 atom stereocenters. The Morgan fingerprint density at radius 3 is 2.71 bits per heavy atom. The number of benzene rings is 1. The van der Waals surface area contributed by atoms with Crippen molar-refractivity contribution in [1.82, 2.24) is 20.2 Å². The van der Waals surface area contributed by atoms with Gasteiger partial charge in [-0.15, -0.1) is 0 Å². The van der Waals surface area contributed by atoms with E-state index in [4.69, 9.17) is 16.3 Å². The van der Waals surface area contributed by atoms with Crippen LogP contribution in [0.3, 0.4) is 0 Å². The lowest BCUT2D eigenvalue weighted by Gasteiger charge is -2.15. The Labute approximate surface area is 145 Å². The molecule has 1 amide bonds. The van der Waals surface area contributed by atoms with Crippen molar-refractivity contribution in [3.05, 3.63) is 47.2 Å². The summed E-state index contributed by atoms with van der Waals surface area (Å²) in [6, 6.07) is 7.71. The Kier molecular flexibility index (Phi) is 5.27. The normalized spacial score (nSPS) is 17.1. The number of hydrogen-bond donors (Lipinski definition) is 1. The fraction of sp³-hybridized carbons (Fsp3) is 0.353. The molecule has 1 aromatic heterocycles. The number of nitrogens with zero attached hydrogens (tertiary/aromatic N) is 3. The molecule has 0 radical (unpaired) electrons. The van der Waals surface area contributed by atoms with E-state index >= 15 is 0 Å². The van der Waals surface area contributed by atoms with Gasteiger partial charge in [0.25, 0.3) is 0 Å². The van der Waals surface area contributed by atoms with Crippen molar-refractivity contribution >= 4 is 17.7 Å². The number of methoxy groups -OCH3 is 1. The maximum absolute atomic E-state index is 11.5. The van der Waals surface area contributed by atoms with Gasteiger partial charge in [0.15, 0.2) is 5.82 Å². The number of likely N-dealkylation sites (tertiary alicyclic amines) is 1. The molecule has 0 saturated carbocycles. The lowest BCUT2D eigenvalue weighted by molar-refractivity contribution is 0.132. The first kappa shape index (κ1) is 16.7. The molecule has 0 aliphatic carbocycles. The van der Waals surface area contributed by atoms with Gasteiger partial charge in [-0.2, -0.15) is 0 Å². The number of carbonyl (C=O) groups is 1. The maximum Gasteiger partial charge on any atom is 0.409 e. The van der Waals surface area contributed by atoms with E-state index in [1.54, 1.807) is 4.90 Å². The van der Waals surface area contributed by atoms with Crippen molar-refractivity contribution in [3.63, 3.8) is 0 Å². The van der Waals surface area contributed by atoms with Crippen molar-refractivity contribution in [2.24, 2.45) is 0 Å². The zero-order valence-corrected chi connectivity index (χ0v) is 14.2. The van der Waals surface area contributed by atoms with Gasteiger partial charge < -0.3 is 15.0 Å². The summed E-state index contributed by atoms with van der Waals surface area (Å²) in [6.07, 6.45) is 4.28. The molecule has 1 saturated heterocycles. The van der Waals surface area contributed by atoms with E-state index < -0.39 is 0 Å². The topological polar surface area (TPSA) is 67.3 Å². The molecule has 1 fully saturated rings. The third kappa shape index (κ3) is 4.01. The average molecular weight is 347 g/mol. The largest absolute Gasteiger partial charge is 0.453 e. The predicted molar refractivity (Wildman–Crippen MR) is 91.7 cm³/mol.